The predicted molar refractivity (Wildman–Crippen MR) is 74.6 cm³/mol. The Morgan fingerprint density at radius 1 is 1.28 bits per heavy atom. The van der Waals surface area contributed by atoms with Gasteiger partial charge in [0.05, 0.1) is 6.26 Å². The molecule has 2 nitrogen and oxygen atoms in total. The lowest BCUT2D eigenvalue weighted by Gasteiger charge is -2.40. The molecule has 1 N–H and O–H groups in total. The van der Waals surface area contributed by atoms with Crippen LogP contribution < -0.4 is 5.32 Å². The van der Waals surface area contributed by atoms with Gasteiger partial charge in [0.2, 0.25) is 0 Å². The van der Waals surface area contributed by atoms with Crippen LogP contribution in [0.1, 0.15) is 44.4 Å². The fourth-order valence-electron chi connectivity index (χ4n) is 2.96. The van der Waals surface area contributed by atoms with Crippen LogP contribution in [0.15, 0.2) is 22.8 Å². The molecule has 1 aliphatic rings. The molecule has 96 valence electrons. The Morgan fingerprint density at radius 2 is 2.00 bits per heavy atom. The third-order valence-electron chi connectivity index (χ3n) is 4.70. The van der Waals surface area contributed by atoms with Crippen molar-refractivity contribution in [3.63, 3.8) is 0 Å². The molecule has 0 aliphatic carbocycles. The SMILES string of the molecule is Cc1coc2c3c(ccc12)C(C)(C(C)(C)C)NC3. The third kappa shape index (κ3) is 1.33. The minimum Gasteiger partial charge on any atom is -0.464 e. The topological polar surface area (TPSA) is 25.2 Å². The maximum atomic E-state index is 5.76. The molecule has 0 radical (unpaired) electrons. The van der Waals surface area contributed by atoms with E-state index in [1.165, 1.54) is 22.1 Å². The van der Waals surface area contributed by atoms with Crippen molar-refractivity contribution in [3.05, 3.63) is 35.1 Å². The van der Waals surface area contributed by atoms with Gasteiger partial charge in [0.25, 0.3) is 0 Å². The molecule has 2 heteroatoms. The van der Waals surface area contributed by atoms with Gasteiger partial charge in [-0.15, -0.1) is 0 Å². The standard InChI is InChI=1S/C16H21NO/c1-10-9-18-14-11(10)6-7-13-12(14)8-17-16(13,5)15(2,3)4/h6-7,9,17H,8H2,1-5H3. The van der Waals surface area contributed by atoms with Crippen LogP contribution in [-0.4, -0.2) is 0 Å². The first-order chi connectivity index (χ1) is 8.34. The normalized spacial score (nSPS) is 23.6. The van der Waals surface area contributed by atoms with Crippen LogP contribution >= 0.6 is 0 Å². The summed E-state index contributed by atoms with van der Waals surface area (Å²) in [6.45, 7) is 12.1. The first-order valence-electron chi connectivity index (χ1n) is 6.60. The van der Waals surface area contributed by atoms with Gasteiger partial charge in [-0.1, -0.05) is 32.9 Å². The van der Waals surface area contributed by atoms with Crippen molar-refractivity contribution >= 4 is 11.0 Å². The van der Waals surface area contributed by atoms with Gasteiger partial charge in [-0.05, 0) is 30.4 Å². The van der Waals surface area contributed by atoms with Gasteiger partial charge < -0.3 is 9.73 Å². The van der Waals surface area contributed by atoms with Crippen molar-refractivity contribution in [2.24, 2.45) is 5.41 Å². The Balaban J connectivity index is 2.28. The van der Waals surface area contributed by atoms with Crippen molar-refractivity contribution in [1.29, 1.82) is 0 Å². The van der Waals surface area contributed by atoms with Gasteiger partial charge in [0.15, 0.2) is 0 Å². The molecule has 0 spiro atoms. The largest absolute Gasteiger partial charge is 0.464 e. The van der Waals surface area contributed by atoms with Crippen LogP contribution in [0.2, 0.25) is 0 Å². The Bertz CT molecular complexity index is 618. The molecule has 0 saturated carbocycles. The van der Waals surface area contributed by atoms with Crippen molar-refractivity contribution in [1.82, 2.24) is 5.32 Å². The molecule has 1 aromatic heterocycles. The monoisotopic (exact) mass is 243 g/mol. The van der Waals surface area contributed by atoms with Gasteiger partial charge in [-0.2, -0.15) is 0 Å². The third-order valence-corrected chi connectivity index (χ3v) is 4.70. The molecule has 1 unspecified atom stereocenters. The van der Waals surface area contributed by atoms with E-state index in [2.05, 4.69) is 52.1 Å². The molecule has 1 aliphatic heterocycles. The van der Waals surface area contributed by atoms with E-state index in [1.807, 2.05) is 6.26 Å². The zero-order valence-electron chi connectivity index (χ0n) is 11.8. The zero-order valence-corrected chi connectivity index (χ0v) is 11.8. The van der Waals surface area contributed by atoms with Crippen molar-refractivity contribution < 1.29 is 4.42 Å². The molecule has 0 saturated heterocycles. The molecule has 2 heterocycles. The first-order valence-corrected chi connectivity index (χ1v) is 6.60. The Labute approximate surface area is 108 Å². The molecule has 3 rings (SSSR count). The lowest BCUT2D eigenvalue weighted by molar-refractivity contribution is 0.170. The van der Waals surface area contributed by atoms with Crippen LogP contribution in [0.25, 0.3) is 11.0 Å². The summed E-state index contributed by atoms with van der Waals surface area (Å²) in [5.74, 6) is 0. The highest BCUT2D eigenvalue weighted by Gasteiger charge is 2.44. The van der Waals surface area contributed by atoms with Crippen LogP contribution in [0.4, 0.5) is 0 Å². The van der Waals surface area contributed by atoms with E-state index in [1.54, 1.807) is 0 Å². The Hall–Kier alpha value is -1.28. The fraction of sp³-hybridized carbons (Fsp3) is 0.500. The fourth-order valence-corrected chi connectivity index (χ4v) is 2.96. The highest BCUT2D eigenvalue weighted by atomic mass is 16.3. The van der Waals surface area contributed by atoms with Gasteiger partial charge in [0, 0.05) is 23.0 Å². The summed E-state index contributed by atoms with van der Waals surface area (Å²) in [5.41, 5.74) is 5.18. The van der Waals surface area contributed by atoms with Crippen LogP contribution in [0, 0.1) is 12.3 Å². The minimum absolute atomic E-state index is 0.0111. The average molecular weight is 243 g/mol. The summed E-state index contributed by atoms with van der Waals surface area (Å²) >= 11 is 0. The second kappa shape index (κ2) is 3.39. The van der Waals surface area contributed by atoms with Crippen molar-refractivity contribution in [3.8, 4) is 0 Å². The van der Waals surface area contributed by atoms with E-state index in [0.29, 0.717) is 0 Å². The number of hydrogen-bond donors (Lipinski definition) is 1. The van der Waals surface area contributed by atoms with Crippen LogP contribution in [-0.2, 0) is 12.1 Å². The van der Waals surface area contributed by atoms with Gasteiger partial charge in [-0.25, -0.2) is 0 Å². The molecule has 1 aromatic carbocycles. The summed E-state index contributed by atoms with van der Waals surface area (Å²) in [5, 5.41) is 4.92. The highest BCUT2D eigenvalue weighted by Crippen LogP contribution is 2.46. The summed E-state index contributed by atoms with van der Waals surface area (Å²) in [7, 11) is 0. The number of furan rings is 1. The van der Waals surface area contributed by atoms with E-state index in [-0.39, 0.29) is 11.0 Å². The molecular weight excluding hydrogens is 222 g/mol. The molecule has 0 amide bonds. The smallest absolute Gasteiger partial charge is 0.138 e. The van der Waals surface area contributed by atoms with E-state index in [4.69, 9.17) is 4.42 Å². The second-order valence-electron chi connectivity index (χ2n) is 6.62. The number of hydrogen-bond acceptors (Lipinski definition) is 2. The molecule has 1 atom stereocenters. The summed E-state index contributed by atoms with van der Waals surface area (Å²) in [6.07, 6.45) is 1.86. The summed E-state index contributed by atoms with van der Waals surface area (Å²) in [4.78, 5) is 0. The molecule has 0 fully saturated rings. The van der Waals surface area contributed by atoms with Crippen LogP contribution in [0.3, 0.4) is 0 Å². The summed E-state index contributed by atoms with van der Waals surface area (Å²) < 4.78 is 5.76. The number of benzene rings is 1. The predicted octanol–water partition coefficient (Wildman–Crippen LogP) is 4.11. The van der Waals surface area contributed by atoms with Gasteiger partial charge >= 0.3 is 0 Å². The first kappa shape index (κ1) is 11.8. The maximum Gasteiger partial charge on any atom is 0.138 e. The average Bonchev–Trinajstić information content (AvgIpc) is 2.81. The highest BCUT2D eigenvalue weighted by molar-refractivity contribution is 5.85. The van der Waals surface area contributed by atoms with E-state index in [9.17, 15) is 0 Å². The quantitative estimate of drug-likeness (QED) is 0.753. The van der Waals surface area contributed by atoms with E-state index in [0.717, 1.165) is 12.1 Å². The van der Waals surface area contributed by atoms with Crippen molar-refractivity contribution in [2.75, 3.05) is 0 Å². The minimum atomic E-state index is 0.0111. The van der Waals surface area contributed by atoms with Gasteiger partial charge in [0.1, 0.15) is 5.58 Å². The van der Waals surface area contributed by atoms with E-state index >= 15 is 0 Å². The van der Waals surface area contributed by atoms with Gasteiger partial charge in [-0.3, -0.25) is 0 Å². The summed E-state index contributed by atoms with van der Waals surface area (Å²) in [6, 6.07) is 4.47. The number of rotatable bonds is 0. The molecular formula is C16H21NO. The van der Waals surface area contributed by atoms with E-state index < -0.39 is 0 Å². The van der Waals surface area contributed by atoms with Crippen molar-refractivity contribution in [2.45, 2.75) is 46.7 Å². The molecule has 2 aromatic rings. The number of nitrogens with one attached hydrogen (secondary N) is 1. The maximum absolute atomic E-state index is 5.76. The Kier molecular flexibility index (Phi) is 2.22. The zero-order chi connectivity index (χ0) is 13.1. The molecule has 18 heavy (non-hydrogen) atoms. The number of fused-ring (bicyclic) bond motifs is 3. The lowest BCUT2D eigenvalue weighted by Crippen LogP contribution is -2.45. The molecule has 0 bridgehead atoms. The number of aryl methyl sites for hydroxylation is 1. The Morgan fingerprint density at radius 3 is 2.67 bits per heavy atom. The second-order valence-corrected chi connectivity index (χ2v) is 6.62. The van der Waals surface area contributed by atoms with Crippen LogP contribution in [0.5, 0.6) is 0 Å². The lowest BCUT2D eigenvalue weighted by atomic mass is 9.71.